The van der Waals surface area contributed by atoms with Crippen molar-refractivity contribution < 1.29 is 4.42 Å². The molecule has 0 radical (unpaired) electrons. The number of aromatic nitrogens is 1. The number of likely N-dealkylation sites (tertiary alicyclic amines) is 1. The van der Waals surface area contributed by atoms with Gasteiger partial charge in [-0.15, -0.1) is 0 Å². The first kappa shape index (κ1) is 15.5. The second kappa shape index (κ2) is 6.82. The van der Waals surface area contributed by atoms with Gasteiger partial charge >= 0.3 is 0 Å². The van der Waals surface area contributed by atoms with Crippen molar-refractivity contribution in [1.29, 1.82) is 0 Å². The topological polar surface area (TPSA) is 55.3 Å². The van der Waals surface area contributed by atoms with E-state index in [1.165, 1.54) is 6.42 Å². The minimum Gasteiger partial charge on any atom is -0.439 e. The third-order valence-corrected chi connectivity index (χ3v) is 4.61. The molecule has 0 saturated carbocycles. The van der Waals surface area contributed by atoms with Crippen molar-refractivity contribution in [2.24, 2.45) is 11.7 Å². The Hall–Kier alpha value is -1.36. The molecule has 1 aliphatic heterocycles. The lowest BCUT2D eigenvalue weighted by atomic mass is 9.92. The second-order valence-electron chi connectivity index (χ2n) is 6.12. The van der Waals surface area contributed by atoms with Crippen LogP contribution in [-0.2, 0) is 6.54 Å². The minimum atomic E-state index is 0.422. The van der Waals surface area contributed by atoms with Gasteiger partial charge in [0.05, 0.1) is 12.7 Å². The number of hydrogen-bond donors (Lipinski definition) is 1. The fourth-order valence-electron chi connectivity index (χ4n) is 3.09. The van der Waals surface area contributed by atoms with Gasteiger partial charge in [-0.3, -0.25) is 4.90 Å². The van der Waals surface area contributed by atoms with Crippen molar-refractivity contribution in [3.63, 3.8) is 0 Å². The molecule has 22 heavy (non-hydrogen) atoms. The quantitative estimate of drug-likeness (QED) is 0.936. The summed E-state index contributed by atoms with van der Waals surface area (Å²) in [6, 6.07) is 8.04. The van der Waals surface area contributed by atoms with Gasteiger partial charge in [-0.2, -0.15) is 0 Å². The number of halogens is 1. The van der Waals surface area contributed by atoms with E-state index in [1.54, 1.807) is 6.20 Å². The van der Waals surface area contributed by atoms with Crippen molar-refractivity contribution in [1.82, 2.24) is 9.88 Å². The molecular formula is C17H22ClN3O. The summed E-state index contributed by atoms with van der Waals surface area (Å²) in [5.41, 5.74) is 6.87. The number of rotatable bonds is 4. The molecular weight excluding hydrogens is 298 g/mol. The highest BCUT2D eigenvalue weighted by atomic mass is 35.5. The summed E-state index contributed by atoms with van der Waals surface area (Å²) in [6.07, 6.45) is 4.13. The number of benzene rings is 1. The summed E-state index contributed by atoms with van der Waals surface area (Å²) in [4.78, 5) is 6.79. The first-order valence-electron chi connectivity index (χ1n) is 7.80. The van der Waals surface area contributed by atoms with Crippen LogP contribution >= 0.6 is 11.6 Å². The zero-order valence-corrected chi connectivity index (χ0v) is 13.6. The van der Waals surface area contributed by atoms with Crippen LogP contribution in [0.5, 0.6) is 0 Å². The predicted octanol–water partition coefficient (Wildman–Crippen LogP) is 3.55. The Morgan fingerprint density at radius 2 is 2.32 bits per heavy atom. The Morgan fingerprint density at radius 3 is 3.09 bits per heavy atom. The fourth-order valence-corrected chi connectivity index (χ4v) is 3.28. The van der Waals surface area contributed by atoms with E-state index < -0.39 is 0 Å². The van der Waals surface area contributed by atoms with Crippen LogP contribution in [0, 0.1) is 5.92 Å². The van der Waals surface area contributed by atoms with Gasteiger partial charge in [0.2, 0.25) is 5.89 Å². The predicted molar refractivity (Wildman–Crippen MR) is 88.6 cm³/mol. The van der Waals surface area contributed by atoms with Crippen molar-refractivity contribution >= 4 is 11.6 Å². The fraction of sp³-hybridized carbons (Fsp3) is 0.471. The Balaban J connectivity index is 1.71. The van der Waals surface area contributed by atoms with E-state index in [4.69, 9.17) is 21.8 Å². The maximum atomic E-state index is 6.02. The van der Waals surface area contributed by atoms with E-state index in [0.717, 1.165) is 42.6 Å². The van der Waals surface area contributed by atoms with Crippen LogP contribution in [0.3, 0.4) is 0 Å². The highest BCUT2D eigenvalue weighted by molar-refractivity contribution is 6.30. The van der Waals surface area contributed by atoms with Crippen LogP contribution in [0.2, 0.25) is 5.02 Å². The van der Waals surface area contributed by atoms with Gasteiger partial charge in [-0.25, -0.2) is 4.98 Å². The van der Waals surface area contributed by atoms with Gasteiger partial charge in [-0.1, -0.05) is 30.7 Å². The van der Waals surface area contributed by atoms with E-state index in [0.29, 0.717) is 17.6 Å². The van der Waals surface area contributed by atoms with Crippen LogP contribution in [0.1, 0.15) is 25.7 Å². The van der Waals surface area contributed by atoms with Gasteiger partial charge in [0, 0.05) is 23.2 Å². The second-order valence-corrected chi connectivity index (χ2v) is 6.55. The van der Waals surface area contributed by atoms with Gasteiger partial charge in [0.25, 0.3) is 0 Å². The molecule has 3 rings (SSSR count). The Morgan fingerprint density at radius 1 is 1.45 bits per heavy atom. The molecule has 1 aromatic carbocycles. The van der Waals surface area contributed by atoms with E-state index in [1.807, 2.05) is 24.3 Å². The van der Waals surface area contributed by atoms with E-state index in [2.05, 4.69) is 16.8 Å². The summed E-state index contributed by atoms with van der Waals surface area (Å²) in [7, 11) is 0. The summed E-state index contributed by atoms with van der Waals surface area (Å²) < 4.78 is 5.89. The van der Waals surface area contributed by atoms with Crippen LogP contribution in [-0.4, -0.2) is 29.0 Å². The van der Waals surface area contributed by atoms with Crippen LogP contribution in [0.4, 0.5) is 0 Å². The highest BCUT2D eigenvalue weighted by Crippen LogP contribution is 2.26. The van der Waals surface area contributed by atoms with Gasteiger partial charge < -0.3 is 10.2 Å². The van der Waals surface area contributed by atoms with E-state index in [9.17, 15) is 0 Å². The molecule has 0 spiro atoms. The molecule has 2 unspecified atom stereocenters. The maximum Gasteiger partial charge on any atom is 0.209 e. The molecule has 1 saturated heterocycles. The molecule has 2 heterocycles. The first-order valence-corrected chi connectivity index (χ1v) is 8.18. The van der Waals surface area contributed by atoms with Crippen LogP contribution in [0.15, 0.2) is 34.9 Å². The third kappa shape index (κ3) is 3.51. The van der Waals surface area contributed by atoms with Crippen LogP contribution < -0.4 is 5.73 Å². The number of oxazole rings is 1. The molecule has 0 bridgehead atoms. The van der Waals surface area contributed by atoms with Crippen molar-refractivity contribution in [3.8, 4) is 11.3 Å². The lowest BCUT2D eigenvalue weighted by Gasteiger charge is -2.37. The molecule has 2 N–H and O–H groups in total. The van der Waals surface area contributed by atoms with Crippen molar-refractivity contribution in [2.75, 3.05) is 13.1 Å². The maximum absolute atomic E-state index is 6.02. The monoisotopic (exact) mass is 319 g/mol. The molecule has 0 aliphatic carbocycles. The molecule has 1 fully saturated rings. The molecule has 118 valence electrons. The molecule has 2 atom stereocenters. The highest BCUT2D eigenvalue weighted by Gasteiger charge is 2.26. The number of piperidine rings is 1. The average molecular weight is 320 g/mol. The van der Waals surface area contributed by atoms with Crippen molar-refractivity contribution in [2.45, 2.75) is 32.4 Å². The molecule has 2 aromatic rings. The SMILES string of the molecule is CC1CCN(Cc2ncc(-c3cccc(Cl)c3)o2)C(CN)C1. The summed E-state index contributed by atoms with van der Waals surface area (Å²) in [5, 5.41) is 0.698. The number of nitrogens with two attached hydrogens (primary N) is 1. The lowest BCUT2D eigenvalue weighted by Crippen LogP contribution is -2.45. The summed E-state index contributed by atoms with van der Waals surface area (Å²) in [6.45, 7) is 4.75. The van der Waals surface area contributed by atoms with E-state index in [-0.39, 0.29) is 0 Å². The standard InChI is InChI=1S/C17H22ClN3O/c1-12-5-6-21(15(7-12)9-19)11-17-20-10-16(22-17)13-3-2-4-14(18)8-13/h2-4,8,10,12,15H,5-7,9,11,19H2,1H3. The minimum absolute atomic E-state index is 0.422. The number of hydrogen-bond acceptors (Lipinski definition) is 4. The largest absolute Gasteiger partial charge is 0.439 e. The summed E-state index contributed by atoms with van der Waals surface area (Å²) >= 11 is 6.02. The van der Waals surface area contributed by atoms with Crippen molar-refractivity contribution in [3.05, 3.63) is 41.4 Å². The Kier molecular flexibility index (Phi) is 4.81. The molecule has 1 aliphatic rings. The van der Waals surface area contributed by atoms with Gasteiger partial charge in [-0.05, 0) is 37.4 Å². The smallest absolute Gasteiger partial charge is 0.209 e. The third-order valence-electron chi connectivity index (χ3n) is 4.37. The lowest BCUT2D eigenvalue weighted by molar-refractivity contribution is 0.105. The Labute approximate surface area is 136 Å². The van der Waals surface area contributed by atoms with Crippen LogP contribution in [0.25, 0.3) is 11.3 Å². The molecule has 4 nitrogen and oxygen atoms in total. The normalized spacial score (nSPS) is 22.9. The number of nitrogens with zero attached hydrogens (tertiary/aromatic N) is 2. The molecule has 0 amide bonds. The van der Waals surface area contributed by atoms with Gasteiger partial charge in [0.1, 0.15) is 0 Å². The Bertz CT molecular complexity index is 628. The molecule has 5 heteroatoms. The summed E-state index contributed by atoms with van der Waals surface area (Å²) in [5.74, 6) is 2.24. The average Bonchev–Trinajstić information content (AvgIpc) is 2.97. The van der Waals surface area contributed by atoms with E-state index >= 15 is 0 Å². The zero-order chi connectivity index (χ0) is 15.5. The first-order chi connectivity index (χ1) is 10.7. The zero-order valence-electron chi connectivity index (χ0n) is 12.8. The molecule has 1 aromatic heterocycles. The van der Waals surface area contributed by atoms with Gasteiger partial charge in [0.15, 0.2) is 5.76 Å².